The lowest BCUT2D eigenvalue weighted by atomic mass is 10.1. The second-order valence-corrected chi connectivity index (χ2v) is 6.39. The van der Waals surface area contributed by atoms with Crippen LogP contribution in [0.4, 0.5) is 5.69 Å². The summed E-state index contributed by atoms with van der Waals surface area (Å²) < 4.78 is 0. The quantitative estimate of drug-likeness (QED) is 0.880. The van der Waals surface area contributed by atoms with Crippen LogP contribution in [0.15, 0.2) is 42.5 Å². The van der Waals surface area contributed by atoms with E-state index in [0.29, 0.717) is 10.7 Å². The fourth-order valence-corrected chi connectivity index (χ4v) is 2.93. The number of rotatable bonds is 4. The predicted octanol–water partition coefficient (Wildman–Crippen LogP) is 3.83. The van der Waals surface area contributed by atoms with Gasteiger partial charge in [0.05, 0.1) is 10.6 Å². The third kappa shape index (κ3) is 3.49. The molecule has 3 N–H and O–H groups in total. The molecule has 4 nitrogen and oxygen atoms in total. The number of hydrogen-bond acceptors (Lipinski definition) is 2. The molecule has 0 aromatic heterocycles. The molecule has 1 aliphatic rings. The van der Waals surface area contributed by atoms with Crippen molar-refractivity contribution in [3.8, 4) is 0 Å². The number of carbonyl (C=O) groups is 2. The van der Waals surface area contributed by atoms with Crippen molar-refractivity contribution in [1.82, 2.24) is 0 Å². The molecule has 0 bridgehead atoms. The van der Waals surface area contributed by atoms with Crippen LogP contribution in [-0.4, -0.2) is 11.8 Å². The van der Waals surface area contributed by atoms with Crippen LogP contribution in [-0.2, 0) is 4.79 Å². The van der Waals surface area contributed by atoms with Crippen molar-refractivity contribution in [3.05, 3.63) is 63.6 Å². The predicted molar refractivity (Wildman–Crippen MR) is 90.9 cm³/mol. The maximum absolute atomic E-state index is 12.3. The van der Waals surface area contributed by atoms with Gasteiger partial charge in [-0.15, -0.1) is 0 Å². The van der Waals surface area contributed by atoms with Crippen molar-refractivity contribution in [2.24, 2.45) is 11.7 Å². The zero-order valence-electron chi connectivity index (χ0n) is 12.1. The van der Waals surface area contributed by atoms with Crippen LogP contribution >= 0.6 is 23.2 Å². The second-order valence-electron chi connectivity index (χ2n) is 5.55. The lowest BCUT2D eigenvalue weighted by Crippen LogP contribution is -2.16. The Balaban J connectivity index is 1.68. The molecule has 2 aromatic rings. The molecule has 0 radical (unpaired) electrons. The number of benzene rings is 2. The van der Waals surface area contributed by atoms with Gasteiger partial charge in [-0.05, 0) is 48.2 Å². The zero-order valence-corrected chi connectivity index (χ0v) is 13.6. The van der Waals surface area contributed by atoms with Crippen LogP contribution in [0, 0.1) is 5.92 Å². The first-order chi connectivity index (χ1) is 11.0. The van der Waals surface area contributed by atoms with E-state index in [9.17, 15) is 9.59 Å². The number of hydrogen-bond donors (Lipinski definition) is 2. The molecule has 0 spiro atoms. The summed E-state index contributed by atoms with van der Waals surface area (Å²) in [6.07, 6.45) is 0.795. The molecule has 23 heavy (non-hydrogen) atoms. The van der Waals surface area contributed by atoms with E-state index in [1.54, 1.807) is 12.1 Å². The fourth-order valence-electron chi connectivity index (χ4n) is 2.59. The van der Waals surface area contributed by atoms with Gasteiger partial charge < -0.3 is 11.1 Å². The number of halogens is 2. The summed E-state index contributed by atoms with van der Waals surface area (Å²) in [5.74, 6) is -0.585. The average Bonchev–Trinajstić information content (AvgIpc) is 3.30. The van der Waals surface area contributed by atoms with Gasteiger partial charge in [0.25, 0.3) is 0 Å². The van der Waals surface area contributed by atoms with Gasteiger partial charge in [-0.1, -0.05) is 35.3 Å². The van der Waals surface area contributed by atoms with Crippen molar-refractivity contribution < 1.29 is 9.59 Å². The van der Waals surface area contributed by atoms with E-state index < -0.39 is 5.91 Å². The average molecular weight is 349 g/mol. The van der Waals surface area contributed by atoms with E-state index in [4.69, 9.17) is 28.9 Å². The molecule has 118 valence electrons. The molecule has 1 fully saturated rings. The number of nitrogens with two attached hydrogens (primary N) is 1. The van der Waals surface area contributed by atoms with E-state index in [0.717, 1.165) is 12.0 Å². The van der Waals surface area contributed by atoms with E-state index in [1.807, 2.05) is 24.3 Å². The van der Waals surface area contributed by atoms with Crippen LogP contribution in [0.25, 0.3) is 0 Å². The molecular formula is C17H14Cl2N2O2. The molecule has 2 atom stereocenters. The summed E-state index contributed by atoms with van der Waals surface area (Å²) in [6.45, 7) is 0. The smallest absolute Gasteiger partial charge is 0.250 e. The summed E-state index contributed by atoms with van der Waals surface area (Å²) in [7, 11) is 0. The highest BCUT2D eigenvalue weighted by atomic mass is 35.5. The molecule has 0 heterocycles. The maximum Gasteiger partial charge on any atom is 0.250 e. The minimum atomic E-state index is -0.628. The minimum Gasteiger partial charge on any atom is -0.366 e. The molecule has 2 aromatic carbocycles. The number of nitrogens with one attached hydrogen (secondary N) is 1. The third-order valence-electron chi connectivity index (χ3n) is 3.92. The monoisotopic (exact) mass is 348 g/mol. The Bertz CT molecular complexity index is 775. The fraction of sp³-hybridized carbons (Fsp3) is 0.176. The van der Waals surface area contributed by atoms with Crippen LogP contribution < -0.4 is 11.1 Å². The number of amides is 2. The topological polar surface area (TPSA) is 72.2 Å². The van der Waals surface area contributed by atoms with Gasteiger partial charge in [-0.3, -0.25) is 9.59 Å². The lowest BCUT2D eigenvalue weighted by molar-refractivity contribution is -0.117. The molecule has 1 saturated carbocycles. The summed E-state index contributed by atoms with van der Waals surface area (Å²) in [5, 5.41) is 3.75. The van der Waals surface area contributed by atoms with Crippen molar-refractivity contribution in [2.75, 3.05) is 5.32 Å². The second kappa shape index (κ2) is 6.22. The standard InChI is InChI=1S/C17H14Cl2N2O2/c18-10-3-1-9(2-4-10)12-8-13(12)17(23)21-11-5-6-15(19)14(7-11)16(20)22/h1-7,12-13H,8H2,(H2,20,22)(H,21,23)/t12-,13+/m1/s1. The Morgan fingerprint density at radius 1 is 1.09 bits per heavy atom. The summed E-state index contributed by atoms with van der Waals surface area (Å²) >= 11 is 11.8. The van der Waals surface area contributed by atoms with Crippen molar-refractivity contribution in [1.29, 1.82) is 0 Å². The lowest BCUT2D eigenvalue weighted by Gasteiger charge is -2.07. The highest BCUT2D eigenvalue weighted by Crippen LogP contribution is 2.48. The Morgan fingerprint density at radius 2 is 1.78 bits per heavy atom. The maximum atomic E-state index is 12.3. The highest BCUT2D eigenvalue weighted by molar-refractivity contribution is 6.34. The normalized spacial score (nSPS) is 19.2. The summed E-state index contributed by atoms with van der Waals surface area (Å²) in [4.78, 5) is 23.6. The van der Waals surface area contributed by atoms with E-state index >= 15 is 0 Å². The van der Waals surface area contributed by atoms with E-state index in [2.05, 4.69) is 5.32 Å². The molecular weight excluding hydrogens is 335 g/mol. The van der Waals surface area contributed by atoms with Gasteiger partial charge in [-0.2, -0.15) is 0 Å². The van der Waals surface area contributed by atoms with Crippen LogP contribution in [0.3, 0.4) is 0 Å². The minimum absolute atomic E-state index is 0.0797. The van der Waals surface area contributed by atoms with Gasteiger partial charge in [-0.25, -0.2) is 0 Å². The van der Waals surface area contributed by atoms with Crippen molar-refractivity contribution in [2.45, 2.75) is 12.3 Å². The Morgan fingerprint density at radius 3 is 2.43 bits per heavy atom. The number of primary amides is 1. The first-order valence-electron chi connectivity index (χ1n) is 7.11. The van der Waals surface area contributed by atoms with Gasteiger partial charge in [0.2, 0.25) is 11.8 Å². The number of anilines is 1. The Labute approximate surface area is 143 Å². The Kier molecular flexibility index (Phi) is 4.28. The van der Waals surface area contributed by atoms with Crippen molar-refractivity contribution in [3.63, 3.8) is 0 Å². The molecule has 3 rings (SSSR count). The third-order valence-corrected chi connectivity index (χ3v) is 4.51. The summed E-state index contributed by atoms with van der Waals surface area (Å²) in [6, 6.07) is 12.2. The van der Waals surface area contributed by atoms with Gasteiger partial charge in [0.15, 0.2) is 0 Å². The van der Waals surface area contributed by atoms with Crippen LogP contribution in [0.2, 0.25) is 10.0 Å². The van der Waals surface area contributed by atoms with Gasteiger partial charge in [0, 0.05) is 16.6 Å². The van der Waals surface area contributed by atoms with Crippen LogP contribution in [0.5, 0.6) is 0 Å². The molecule has 0 saturated heterocycles. The molecule has 6 heteroatoms. The molecule has 2 amide bonds. The molecule has 0 unspecified atom stereocenters. The number of carbonyl (C=O) groups excluding carboxylic acids is 2. The summed E-state index contributed by atoms with van der Waals surface area (Å²) in [5.41, 5.74) is 7.05. The molecule has 0 aliphatic heterocycles. The molecule has 1 aliphatic carbocycles. The van der Waals surface area contributed by atoms with E-state index in [1.165, 1.54) is 6.07 Å². The van der Waals surface area contributed by atoms with Crippen molar-refractivity contribution >= 4 is 40.7 Å². The van der Waals surface area contributed by atoms with Crippen LogP contribution in [0.1, 0.15) is 28.3 Å². The zero-order chi connectivity index (χ0) is 16.6. The van der Waals surface area contributed by atoms with Gasteiger partial charge >= 0.3 is 0 Å². The van der Waals surface area contributed by atoms with E-state index in [-0.39, 0.29) is 28.3 Å². The largest absolute Gasteiger partial charge is 0.366 e. The first-order valence-corrected chi connectivity index (χ1v) is 7.87. The van der Waals surface area contributed by atoms with Gasteiger partial charge in [0.1, 0.15) is 0 Å². The first kappa shape index (κ1) is 15.8. The Hall–Kier alpha value is -2.04. The highest BCUT2D eigenvalue weighted by Gasteiger charge is 2.43. The SMILES string of the molecule is NC(=O)c1cc(NC(=O)[C@H]2C[C@@H]2c2ccc(Cl)cc2)ccc1Cl.